The average molecular weight is 501 g/mol. The molecule has 0 aliphatic carbocycles. The summed E-state index contributed by atoms with van der Waals surface area (Å²) < 4.78 is 67.0. The Morgan fingerprint density at radius 2 is 1.40 bits per heavy atom. The molecule has 35 heavy (non-hydrogen) atoms. The molecule has 0 atom stereocenters. The molecule has 1 saturated heterocycles. The Labute approximate surface area is 197 Å². The number of Topliss-reactive ketones (excluding diaryl/α,β-unsaturated/α-hetero) is 2. The summed E-state index contributed by atoms with van der Waals surface area (Å²) >= 11 is 0. The maximum absolute atomic E-state index is 11.2. The number of nitrogens with zero attached hydrogens (tertiary/aromatic N) is 5. The molecule has 0 spiro atoms. The highest BCUT2D eigenvalue weighted by atomic mass is 19.4. The number of ketones is 2. The number of hydrogen-bond donors (Lipinski definition) is 0. The number of carbonyl (C=O) groups is 2. The van der Waals surface area contributed by atoms with Gasteiger partial charge in [-0.15, -0.1) is 0 Å². The highest BCUT2D eigenvalue weighted by Gasteiger charge is 2.54. The largest absolute Gasteiger partial charge is 0.458 e. The van der Waals surface area contributed by atoms with Gasteiger partial charge in [0.15, 0.2) is 0 Å². The van der Waals surface area contributed by atoms with Crippen LogP contribution in [0.5, 0.6) is 0 Å². The maximum atomic E-state index is 11.2. The van der Waals surface area contributed by atoms with Crippen molar-refractivity contribution in [1.82, 2.24) is 14.9 Å². The van der Waals surface area contributed by atoms with E-state index in [-0.39, 0.29) is 0 Å². The third-order valence-electron chi connectivity index (χ3n) is 5.04. The van der Waals surface area contributed by atoms with Crippen LogP contribution in [-0.2, 0) is 9.59 Å². The molecule has 0 unspecified atom stereocenters. The van der Waals surface area contributed by atoms with Crippen LogP contribution < -0.4 is 4.90 Å². The molecule has 3 rings (SSSR count). The van der Waals surface area contributed by atoms with E-state index in [4.69, 9.17) is 5.26 Å². The number of benzene rings is 1. The van der Waals surface area contributed by atoms with Crippen molar-refractivity contribution >= 4 is 17.4 Å². The van der Waals surface area contributed by atoms with Gasteiger partial charge >= 0.3 is 23.9 Å². The van der Waals surface area contributed by atoms with E-state index in [0.717, 1.165) is 43.3 Å². The number of carbonyl (C=O) groups excluding carboxylic acids is 2. The first-order valence-electron chi connectivity index (χ1n) is 10.3. The molecule has 0 N–H and O–H groups in total. The fraction of sp³-hybridized carbons (Fsp3) is 0.409. The lowest BCUT2D eigenvalue weighted by atomic mass is 10.1. The molecule has 1 aromatic heterocycles. The number of piperazine rings is 1. The smallest absolute Gasteiger partial charge is 0.353 e. The van der Waals surface area contributed by atoms with Crippen LogP contribution in [0.2, 0.25) is 0 Å². The van der Waals surface area contributed by atoms with Crippen molar-refractivity contribution in [3.8, 4) is 17.3 Å². The van der Waals surface area contributed by atoms with Gasteiger partial charge in [0.05, 0.1) is 29.7 Å². The molecule has 1 fully saturated rings. The molecular weight excluding hydrogens is 480 g/mol. The Hall–Kier alpha value is -3.53. The molecule has 0 amide bonds. The van der Waals surface area contributed by atoms with Crippen molar-refractivity contribution < 1.29 is 35.9 Å². The van der Waals surface area contributed by atoms with Gasteiger partial charge in [0.2, 0.25) is 0 Å². The van der Waals surface area contributed by atoms with Crippen molar-refractivity contribution in [3.05, 3.63) is 42.2 Å². The van der Waals surface area contributed by atoms with Gasteiger partial charge in [-0.2, -0.15) is 31.6 Å². The minimum Gasteiger partial charge on any atom is -0.353 e. The lowest BCUT2D eigenvalue weighted by Crippen LogP contribution is -2.49. The van der Waals surface area contributed by atoms with Gasteiger partial charge in [-0.05, 0) is 26.0 Å². The molecule has 2 aromatic rings. The summed E-state index contributed by atoms with van der Waals surface area (Å²) in [4.78, 5) is 33.1. The highest BCUT2D eigenvalue weighted by molar-refractivity contribution is 6.41. The molecular formula is C22H21F6N5O2. The Morgan fingerprint density at radius 1 is 0.886 bits per heavy atom. The topological polar surface area (TPSA) is 90.2 Å². The number of aromatic nitrogens is 2. The molecule has 13 heteroatoms. The molecule has 7 nitrogen and oxygen atoms in total. The third kappa shape index (κ3) is 7.74. The van der Waals surface area contributed by atoms with Gasteiger partial charge in [-0.1, -0.05) is 12.1 Å². The lowest BCUT2D eigenvalue weighted by Gasteiger charge is -2.37. The number of nitriles is 1. The molecule has 1 aromatic carbocycles. The van der Waals surface area contributed by atoms with Gasteiger partial charge in [-0.3, -0.25) is 19.5 Å². The zero-order valence-corrected chi connectivity index (χ0v) is 18.7. The molecule has 1 aliphatic heterocycles. The van der Waals surface area contributed by atoms with E-state index < -0.39 is 23.9 Å². The van der Waals surface area contributed by atoms with Crippen molar-refractivity contribution in [2.45, 2.75) is 32.2 Å². The Kier molecular flexibility index (Phi) is 8.92. The van der Waals surface area contributed by atoms with Crippen LogP contribution in [0.4, 0.5) is 32.2 Å². The standard InChI is InChI=1S/C18H21N5.C4F6O2/c1-14(2)22-7-9-23(10-8-22)18-13-20-17(12-21-18)16-5-3-15(11-19)4-6-16;5-3(6,7)1(11)2(12)4(8,9)10/h3-6,12-14H,7-10H2,1-2H3;. The fourth-order valence-electron chi connectivity index (χ4n) is 3.07. The van der Waals surface area contributed by atoms with E-state index in [2.05, 4.69) is 39.7 Å². The second-order valence-electron chi connectivity index (χ2n) is 7.72. The molecule has 2 heterocycles. The quantitative estimate of drug-likeness (QED) is 0.465. The van der Waals surface area contributed by atoms with Crippen molar-refractivity contribution in [2.24, 2.45) is 0 Å². The van der Waals surface area contributed by atoms with Gasteiger partial charge in [0, 0.05) is 37.8 Å². The van der Waals surface area contributed by atoms with Crippen LogP contribution in [0.15, 0.2) is 36.7 Å². The summed E-state index contributed by atoms with van der Waals surface area (Å²) in [5, 5.41) is 8.85. The molecule has 0 saturated carbocycles. The lowest BCUT2D eigenvalue weighted by molar-refractivity contribution is -0.193. The maximum Gasteiger partial charge on any atom is 0.458 e. The van der Waals surface area contributed by atoms with Crippen molar-refractivity contribution in [2.75, 3.05) is 31.1 Å². The third-order valence-corrected chi connectivity index (χ3v) is 5.04. The van der Waals surface area contributed by atoms with Crippen LogP contribution in [0.1, 0.15) is 19.4 Å². The van der Waals surface area contributed by atoms with Gasteiger partial charge < -0.3 is 4.90 Å². The average Bonchev–Trinajstić information content (AvgIpc) is 2.82. The first kappa shape index (κ1) is 27.7. The van der Waals surface area contributed by atoms with Crippen LogP contribution >= 0.6 is 0 Å². The Bertz CT molecular complexity index is 1030. The fourth-order valence-corrected chi connectivity index (χ4v) is 3.07. The number of hydrogen-bond acceptors (Lipinski definition) is 7. The van der Waals surface area contributed by atoms with Crippen LogP contribution in [-0.4, -0.2) is 71.0 Å². The van der Waals surface area contributed by atoms with Crippen LogP contribution in [0.3, 0.4) is 0 Å². The van der Waals surface area contributed by atoms with Gasteiger partial charge in [0.1, 0.15) is 5.82 Å². The second-order valence-corrected chi connectivity index (χ2v) is 7.72. The molecule has 188 valence electrons. The van der Waals surface area contributed by atoms with E-state index >= 15 is 0 Å². The minimum absolute atomic E-state index is 0.599. The summed E-state index contributed by atoms with van der Waals surface area (Å²) in [6.07, 6.45) is -7.89. The first-order valence-corrected chi connectivity index (χ1v) is 10.3. The van der Waals surface area contributed by atoms with E-state index in [1.807, 2.05) is 24.5 Å². The molecule has 0 radical (unpaired) electrons. The zero-order valence-electron chi connectivity index (χ0n) is 18.7. The van der Waals surface area contributed by atoms with E-state index in [9.17, 15) is 35.9 Å². The summed E-state index contributed by atoms with van der Waals surface area (Å²) in [5.41, 5.74) is 2.47. The number of anilines is 1. The predicted octanol–water partition coefficient (Wildman–Crippen LogP) is 3.79. The van der Waals surface area contributed by atoms with E-state index in [1.54, 1.807) is 12.1 Å². The van der Waals surface area contributed by atoms with Gasteiger partial charge in [0.25, 0.3) is 0 Å². The predicted molar refractivity (Wildman–Crippen MR) is 113 cm³/mol. The summed E-state index contributed by atoms with van der Waals surface area (Å²) in [6.45, 7) is 8.59. The first-order chi connectivity index (χ1) is 16.2. The number of alkyl halides is 6. The Morgan fingerprint density at radius 3 is 1.77 bits per heavy atom. The van der Waals surface area contributed by atoms with Crippen molar-refractivity contribution in [1.29, 1.82) is 5.26 Å². The van der Waals surface area contributed by atoms with E-state index in [0.29, 0.717) is 11.6 Å². The monoisotopic (exact) mass is 501 g/mol. The molecule has 1 aliphatic rings. The van der Waals surface area contributed by atoms with Crippen LogP contribution in [0.25, 0.3) is 11.3 Å². The summed E-state index contributed by atoms with van der Waals surface area (Å²) in [5.74, 6) is -5.88. The SMILES string of the molecule is CC(C)N1CCN(c2cnc(-c3ccc(C#N)cc3)cn2)CC1.O=C(C(=O)C(F)(F)F)C(F)(F)F. The summed E-state index contributed by atoms with van der Waals surface area (Å²) in [6, 6.07) is 10.1. The Balaban J connectivity index is 0.000000307. The van der Waals surface area contributed by atoms with Crippen LogP contribution in [0, 0.1) is 11.3 Å². The number of halogens is 6. The molecule has 0 bridgehead atoms. The summed E-state index contributed by atoms with van der Waals surface area (Å²) in [7, 11) is 0. The van der Waals surface area contributed by atoms with E-state index in [1.165, 1.54) is 0 Å². The van der Waals surface area contributed by atoms with Gasteiger partial charge in [-0.25, -0.2) is 4.98 Å². The minimum atomic E-state index is -5.77. The number of rotatable bonds is 4. The zero-order chi connectivity index (χ0) is 26.4. The highest BCUT2D eigenvalue weighted by Crippen LogP contribution is 2.24. The normalized spacial score (nSPS) is 14.7. The second kappa shape index (κ2) is 11.3. The van der Waals surface area contributed by atoms with Crippen molar-refractivity contribution in [3.63, 3.8) is 0 Å².